The van der Waals surface area contributed by atoms with Gasteiger partial charge < -0.3 is 5.32 Å². The number of nitrogens with one attached hydrogen (secondary N) is 1. The molecule has 5 nitrogen and oxygen atoms in total. The molecule has 0 spiro atoms. The van der Waals surface area contributed by atoms with E-state index in [0.717, 1.165) is 24.2 Å². The average molecular weight is 379 g/mol. The lowest BCUT2D eigenvalue weighted by molar-refractivity contribution is -0.127. The Bertz CT molecular complexity index is 784. The highest BCUT2D eigenvalue weighted by Gasteiger charge is 2.52. The molecule has 1 amide bonds. The van der Waals surface area contributed by atoms with E-state index in [9.17, 15) is 13.2 Å². The monoisotopic (exact) mass is 378 g/mol. The van der Waals surface area contributed by atoms with Gasteiger partial charge >= 0.3 is 0 Å². The molecule has 0 heterocycles. The summed E-state index contributed by atoms with van der Waals surface area (Å²) in [5, 5.41) is 11.3. The minimum absolute atomic E-state index is 0.000521. The summed E-state index contributed by atoms with van der Waals surface area (Å²) < 4.78 is 25.6. The summed E-state index contributed by atoms with van der Waals surface area (Å²) in [4.78, 5) is 13.8. The highest BCUT2D eigenvalue weighted by molar-refractivity contribution is 7.98. The Morgan fingerprint density at radius 1 is 1.32 bits per heavy atom. The summed E-state index contributed by atoms with van der Waals surface area (Å²) in [7, 11) is -3.43. The fraction of sp³-hybridized carbons (Fsp3) is 0.556. The maximum Gasteiger partial charge on any atom is 0.224 e. The molecule has 0 saturated heterocycles. The summed E-state index contributed by atoms with van der Waals surface area (Å²) >= 11 is 1.57. The maximum atomic E-state index is 12.8. The molecule has 0 bridgehead atoms. The van der Waals surface area contributed by atoms with Crippen molar-refractivity contribution in [2.75, 3.05) is 18.6 Å². The van der Waals surface area contributed by atoms with Crippen LogP contribution in [0, 0.1) is 35.0 Å². The van der Waals surface area contributed by atoms with Crippen molar-refractivity contribution in [1.82, 2.24) is 5.32 Å². The van der Waals surface area contributed by atoms with Gasteiger partial charge in [-0.25, -0.2) is 8.42 Å². The molecule has 2 aliphatic carbocycles. The number of carbonyl (C=O) groups is 1. The first kappa shape index (κ1) is 18.3. The van der Waals surface area contributed by atoms with Crippen molar-refractivity contribution in [2.24, 2.45) is 23.7 Å². The molecule has 134 valence electrons. The third-order valence-corrected chi connectivity index (χ3v) is 7.95. The third-order valence-electron chi connectivity index (χ3n) is 5.35. The minimum atomic E-state index is -3.43. The van der Waals surface area contributed by atoms with Crippen LogP contribution < -0.4 is 5.32 Å². The number of benzene rings is 1. The van der Waals surface area contributed by atoms with E-state index in [1.165, 1.54) is 0 Å². The average Bonchev–Trinajstić information content (AvgIpc) is 3.38. The lowest BCUT2D eigenvalue weighted by Crippen LogP contribution is -2.41. The van der Waals surface area contributed by atoms with Crippen LogP contribution in [0.3, 0.4) is 0 Å². The van der Waals surface area contributed by atoms with E-state index in [1.54, 1.807) is 23.9 Å². The smallest absolute Gasteiger partial charge is 0.224 e. The zero-order chi connectivity index (χ0) is 18.0. The standard InChI is InChI=1S/C18H22N2O3S2/c1-24-14-4-6-15(7-5-14)25(22,23)11-13-3-2-12-10-16(12)17(13)18(21)20-9-8-19/h4-7,12-13,16-17H,2-3,9-11H2,1H3,(H,20,21)/t12-,13?,16-,17?/m1/s1. The number of thioether (sulfide) groups is 1. The van der Waals surface area contributed by atoms with E-state index in [1.807, 2.05) is 24.5 Å². The third kappa shape index (κ3) is 4.01. The number of carbonyl (C=O) groups excluding carboxylic acids is 1. The molecule has 1 aromatic carbocycles. The fourth-order valence-electron chi connectivity index (χ4n) is 4.00. The summed E-state index contributed by atoms with van der Waals surface area (Å²) in [6.07, 6.45) is 4.71. The van der Waals surface area contributed by atoms with Gasteiger partial charge in [0.1, 0.15) is 6.54 Å². The Balaban J connectivity index is 1.76. The number of hydrogen-bond donors (Lipinski definition) is 1. The first-order valence-electron chi connectivity index (χ1n) is 8.47. The summed E-state index contributed by atoms with van der Waals surface area (Å²) in [5.74, 6) is 0.218. The molecule has 3 rings (SSSR count). The van der Waals surface area contributed by atoms with Gasteiger partial charge in [-0.05, 0) is 67.5 Å². The largest absolute Gasteiger partial charge is 0.343 e. The van der Waals surface area contributed by atoms with Gasteiger partial charge in [0.2, 0.25) is 5.91 Å². The number of nitriles is 1. The van der Waals surface area contributed by atoms with E-state index in [4.69, 9.17) is 5.26 Å². The molecule has 1 aromatic rings. The highest BCUT2D eigenvalue weighted by atomic mass is 32.2. The van der Waals surface area contributed by atoms with Crippen LogP contribution in [-0.4, -0.2) is 32.9 Å². The van der Waals surface area contributed by atoms with Crippen molar-refractivity contribution in [3.63, 3.8) is 0 Å². The Morgan fingerprint density at radius 2 is 2.04 bits per heavy atom. The van der Waals surface area contributed by atoms with Crippen molar-refractivity contribution in [1.29, 1.82) is 5.26 Å². The normalized spacial score (nSPS) is 27.8. The van der Waals surface area contributed by atoms with Crippen LogP contribution in [0.4, 0.5) is 0 Å². The molecule has 0 aliphatic heterocycles. The van der Waals surface area contributed by atoms with Gasteiger partial charge in [0.15, 0.2) is 9.84 Å². The van der Waals surface area contributed by atoms with Crippen LogP contribution in [0.2, 0.25) is 0 Å². The van der Waals surface area contributed by atoms with Crippen LogP contribution in [0.5, 0.6) is 0 Å². The quantitative estimate of drug-likeness (QED) is 0.607. The van der Waals surface area contributed by atoms with Crippen LogP contribution in [0.1, 0.15) is 19.3 Å². The molecule has 7 heteroatoms. The first-order chi connectivity index (χ1) is 12.0. The van der Waals surface area contributed by atoms with Crippen LogP contribution >= 0.6 is 11.8 Å². The molecule has 1 N–H and O–H groups in total. The Hall–Kier alpha value is -1.52. The van der Waals surface area contributed by atoms with Gasteiger partial charge in [-0.1, -0.05) is 0 Å². The van der Waals surface area contributed by atoms with E-state index >= 15 is 0 Å². The highest BCUT2D eigenvalue weighted by Crippen LogP contribution is 2.55. The fourth-order valence-corrected chi connectivity index (χ4v) is 6.09. The lowest BCUT2D eigenvalue weighted by atomic mass is 9.79. The molecule has 0 radical (unpaired) electrons. The SMILES string of the molecule is CSc1ccc(S(=O)(=O)CC2CC[C@@H]3C[C@H]3C2C(=O)NCC#N)cc1. The Kier molecular flexibility index (Phi) is 5.40. The zero-order valence-electron chi connectivity index (χ0n) is 14.1. The predicted molar refractivity (Wildman–Crippen MR) is 96.7 cm³/mol. The van der Waals surface area contributed by atoms with Crippen LogP contribution in [0.25, 0.3) is 0 Å². The molecular weight excluding hydrogens is 356 g/mol. The summed E-state index contributed by atoms with van der Waals surface area (Å²) in [6.45, 7) is -0.0255. The number of sulfone groups is 1. The predicted octanol–water partition coefficient (Wildman–Crippen LogP) is 2.48. The van der Waals surface area contributed by atoms with Gasteiger partial charge in [-0.3, -0.25) is 4.79 Å². The van der Waals surface area contributed by atoms with Crippen molar-refractivity contribution in [3.05, 3.63) is 24.3 Å². The van der Waals surface area contributed by atoms with Gasteiger partial charge in [-0.15, -0.1) is 11.8 Å². The second-order valence-corrected chi connectivity index (χ2v) is 9.77. The molecule has 2 aliphatic rings. The number of hydrogen-bond acceptors (Lipinski definition) is 5. The van der Waals surface area contributed by atoms with Crippen LogP contribution in [0.15, 0.2) is 34.1 Å². The second-order valence-electron chi connectivity index (χ2n) is 6.86. The molecule has 2 unspecified atom stereocenters. The molecule has 2 saturated carbocycles. The van der Waals surface area contributed by atoms with Gasteiger partial charge in [0.25, 0.3) is 0 Å². The van der Waals surface area contributed by atoms with Crippen molar-refractivity contribution < 1.29 is 13.2 Å². The molecule has 4 atom stereocenters. The van der Waals surface area contributed by atoms with Crippen molar-refractivity contribution in [3.8, 4) is 6.07 Å². The Morgan fingerprint density at radius 3 is 2.68 bits per heavy atom. The van der Waals surface area contributed by atoms with E-state index in [0.29, 0.717) is 10.8 Å². The van der Waals surface area contributed by atoms with E-state index in [2.05, 4.69) is 5.32 Å². The van der Waals surface area contributed by atoms with Gasteiger partial charge in [0, 0.05) is 10.8 Å². The van der Waals surface area contributed by atoms with Crippen molar-refractivity contribution >= 4 is 27.5 Å². The zero-order valence-corrected chi connectivity index (χ0v) is 15.8. The topological polar surface area (TPSA) is 87.0 Å². The maximum absolute atomic E-state index is 12.8. The first-order valence-corrected chi connectivity index (χ1v) is 11.4. The molecule has 25 heavy (non-hydrogen) atoms. The van der Waals surface area contributed by atoms with E-state index < -0.39 is 9.84 Å². The number of nitrogens with zero attached hydrogens (tertiary/aromatic N) is 1. The van der Waals surface area contributed by atoms with Gasteiger partial charge in [-0.2, -0.15) is 5.26 Å². The molecule has 2 fully saturated rings. The summed E-state index contributed by atoms with van der Waals surface area (Å²) in [5.41, 5.74) is 0. The second kappa shape index (κ2) is 7.38. The van der Waals surface area contributed by atoms with Crippen molar-refractivity contribution in [2.45, 2.75) is 29.1 Å². The number of rotatable bonds is 6. The summed E-state index contributed by atoms with van der Waals surface area (Å²) in [6, 6.07) is 8.83. The Labute approximate surface area is 153 Å². The number of amides is 1. The van der Waals surface area contributed by atoms with Gasteiger partial charge in [0.05, 0.1) is 16.7 Å². The lowest BCUT2D eigenvalue weighted by Gasteiger charge is -2.30. The van der Waals surface area contributed by atoms with E-state index in [-0.39, 0.29) is 36.0 Å². The molecular formula is C18H22N2O3S2. The minimum Gasteiger partial charge on any atom is -0.343 e. The number of fused-ring (bicyclic) bond motifs is 1. The molecule has 0 aromatic heterocycles. The van der Waals surface area contributed by atoms with Crippen LogP contribution in [-0.2, 0) is 14.6 Å².